The Morgan fingerprint density at radius 1 is 1.11 bits per heavy atom. The Bertz CT molecular complexity index is 549. The predicted molar refractivity (Wildman–Crippen MR) is 74.3 cm³/mol. The van der Waals surface area contributed by atoms with E-state index in [4.69, 9.17) is 16.3 Å². The lowest BCUT2D eigenvalue weighted by Gasteiger charge is -2.23. The molecule has 1 heterocycles. The first-order valence-electron chi connectivity index (χ1n) is 6.54. The Labute approximate surface area is 112 Å². The van der Waals surface area contributed by atoms with Crippen LogP contribution in [0, 0.1) is 0 Å². The van der Waals surface area contributed by atoms with Crippen LogP contribution in [0.2, 0.25) is 5.02 Å². The third kappa shape index (κ3) is 2.44. The van der Waals surface area contributed by atoms with Gasteiger partial charge in [-0.3, -0.25) is 4.98 Å². The molecular weight excluding hydrogens is 246 g/mol. The van der Waals surface area contributed by atoms with Crippen LogP contribution in [0.4, 0.5) is 0 Å². The van der Waals surface area contributed by atoms with Gasteiger partial charge >= 0.3 is 0 Å². The van der Waals surface area contributed by atoms with E-state index in [9.17, 15) is 0 Å². The van der Waals surface area contributed by atoms with Crippen molar-refractivity contribution >= 4 is 22.5 Å². The van der Waals surface area contributed by atoms with Crippen LogP contribution in [0.5, 0.6) is 5.75 Å². The highest BCUT2D eigenvalue weighted by atomic mass is 35.5. The van der Waals surface area contributed by atoms with Crippen LogP contribution in [0.1, 0.15) is 32.1 Å². The van der Waals surface area contributed by atoms with E-state index in [1.807, 2.05) is 24.3 Å². The second-order valence-corrected chi connectivity index (χ2v) is 5.26. The molecule has 1 fully saturated rings. The average molecular weight is 262 g/mol. The molecule has 0 amide bonds. The predicted octanol–water partition coefficient (Wildman–Crippen LogP) is 4.60. The molecule has 0 spiro atoms. The van der Waals surface area contributed by atoms with Crippen molar-refractivity contribution in [2.24, 2.45) is 0 Å². The van der Waals surface area contributed by atoms with Gasteiger partial charge in [0.2, 0.25) is 0 Å². The lowest BCUT2D eigenvalue weighted by molar-refractivity contribution is 0.155. The average Bonchev–Trinajstić information content (AvgIpc) is 2.41. The van der Waals surface area contributed by atoms with Crippen LogP contribution in [-0.2, 0) is 0 Å². The zero-order valence-corrected chi connectivity index (χ0v) is 11.0. The van der Waals surface area contributed by atoms with Crippen molar-refractivity contribution < 1.29 is 4.74 Å². The largest absolute Gasteiger partial charge is 0.490 e. The van der Waals surface area contributed by atoms with Gasteiger partial charge in [-0.2, -0.15) is 0 Å². The van der Waals surface area contributed by atoms with Crippen molar-refractivity contribution in [3.05, 3.63) is 35.5 Å². The maximum atomic E-state index is 6.18. The molecule has 0 aliphatic heterocycles. The van der Waals surface area contributed by atoms with Crippen LogP contribution in [0.15, 0.2) is 30.5 Å². The summed E-state index contributed by atoms with van der Waals surface area (Å²) in [6.45, 7) is 0. The maximum absolute atomic E-state index is 6.18. The van der Waals surface area contributed by atoms with Crippen LogP contribution >= 0.6 is 11.6 Å². The second-order valence-electron chi connectivity index (χ2n) is 4.85. The van der Waals surface area contributed by atoms with Gasteiger partial charge in [-0.05, 0) is 49.9 Å². The van der Waals surface area contributed by atoms with Gasteiger partial charge in [0, 0.05) is 11.6 Å². The number of fused-ring (bicyclic) bond motifs is 1. The Balaban J connectivity index is 1.86. The quantitative estimate of drug-likeness (QED) is 0.788. The topological polar surface area (TPSA) is 22.1 Å². The molecule has 0 unspecified atom stereocenters. The molecule has 2 aromatic rings. The van der Waals surface area contributed by atoms with E-state index in [2.05, 4.69) is 4.98 Å². The van der Waals surface area contributed by atoms with Gasteiger partial charge in [-0.1, -0.05) is 18.0 Å². The first-order chi connectivity index (χ1) is 8.83. The summed E-state index contributed by atoms with van der Waals surface area (Å²) in [7, 11) is 0. The summed E-state index contributed by atoms with van der Waals surface area (Å²) in [5.41, 5.74) is 0.915. The number of hydrogen-bond acceptors (Lipinski definition) is 2. The minimum absolute atomic E-state index is 0.367. The fraction of sp³-hybridized carbons (Fsp3) is 0.400. The Hall–Kier alpha value is -1.28. The molecule has 0 saturated heterocycles. The van der Waals surface area contributed by atoms with Gasteiger partial charge in [0.15, 0.2) is 0 Å². The zero-order valence-electron chi connectivity index (χ0n) is 10.2. The van der Waals surface area contributed by atoms with Gasteiger partial charge in [0.25, 0.3) is 0 Å². The van der Waals surface area contributed by atoms with Gasteiger partial charge in [0.1, 0.15) is 5.75 Å². The van der Waals surface area contributed by atoms with E-state index in [1.54, 1.807) is 6.20 Å². The molecule has 1 aliphatic rings. The molecular formula is C15H16ClNO. The number of halogens is 1. The van der Waals surface area contributed by atoms with Crippen LogP contribution in [0.25, 0.3) is 10.9 Å². The van der Waals surface area contributed by atoms with E-state index in [0.717, 1.165) is 21.7 Å². The number of hydrogen-bond donors (Lipinski definition) is 0. The van der Waals surface area contributed by atoms with Crippen LogP contribution < -0.4 is 4.74 Å². The van der Waals surface area contributed by atoms with Crippen LogP contribution in [0.3, 0.4) is 0 Å². The lowest BCUT2D eigenvalue weighted by atomic mass is 9.98. The highest BCUT2D eigenvalue weighted by molar-refractivity contribution is 6.35. The normalized spacial score (nSPS) is 16.9. The number of benzene rings is 1. The molecule has 0 N–H and O–H groups in total. The molecule has 94 valence electrons. The van der Waals surface area contributed by atoms with Gasteiger partial charge in [-0.15, -0.1) is 0 Å². The Morgan fingerprint density at radius 2 is 1.94 bits per heavy atom. The van der Waals surface area contributed by atoms with Crippen molar-refractivity contribution in [3.63, 3.8) is 0 Å². The molecule has 1 aliphatic carbocycles. The van der Waals surface area contributed by atoms with Crippen molar-refractivity contribution in [2.75, 3.05) is 0 Å². The molecule has 2 nitrogen and oxygen atoms in total. The first-order valence-corrected chi connectivity index (χ1v) is 6.92. The monoisotopic (exact) mass is 261 g/mol. The second kappa shape index (κ2) is 5.15. The number of rotatable bonds is 2. The number of pyridine rings is 1. The molecule has 1 aromatic heterocycles. The van der Waals surface area contributed by atoms with Crippen molar-refractivity contribution in [1.29, 1.82) is 0 Å². The van der Waals surface area contributed by atoms with E-state index < -0.39 is 0 Å². The zero-order chi connectivity index (χ0) is 12.4. The molecule has 0 radical (unpaired) electrons. The summed E-state index contributed by atoms with van der Waals surface area (Å²) in [4.78, 5) is 4.29. The van der Waals surface area contributed by atoms with Gasteiger partial charge in [-0.25, -0.2) is 0 Å². The molecule has 1 aromatic carbocycles. The summed E-state index contributed by atoms with van der Waals surface area (Å²) in [5, 5.41) is 1.70. The van der Waals surface area contributed by atoms with Crippen molar-refractivity contribution in [2.45, 2.75) is 38.2 Å². The SMILES string of the molecule is Clc1ccnc2ccc(OC3CCCCC3)cc12. The number of nitrogens with zero attached hydrogens (tertiary/aromatic N) is 1. The minimum atomic E-state index is 0.367. The fourth-order valence-corrected chi connectivity index (χ4v) is 2.75. The van der Waals surface area contributed by atoms with Crippen molar-refractivity contribution in [3.8, 4) is 5.75 Å². The van der Waals surface area contributed by atoms with Crippen molar-refractivity contribution in [1.82, 2.24) is 4.98 Å². The molecule has 0 atom stereocenters. The Kier molecular flexibility index (Phi) is 3.37. The minimum Gasteiger partial charge on any atom is -0.490 e. The number of aromatic nitrogens is 1. The third-order valence-electron chi connectivity index (χ3n) is 3.51. The van der Waals surface area contributed by atoms with E-state index in [0.29, 0.717) is 6.10 Å². The molecule has 1 saturated carbocycles. The summed E-state index contributed by atoms with van der Waals surface area (Å²) in [6, 6.07) is 7.77. The summed E-state index contributed by atoms with van der Waals surface area (Å²) in [5.74, 6) is 0.907. The Morgan fingerprint density at radius 3 is 2.78 bits per heavy atom. The summed E-state index contributed by atoms with van der Waals surface area (Å²) in [6.07, 6.45) is 8.32. The number of ether oxygens (including phenoxy) is 1. The van der Waals surface area contributed by atoms with Gasteiger partial charge < -0.3 is 4.74 Å². The molecule has 3 heteroatoms. The lowest BCUT2D eigenvalue weighted by Crippen LogP contribution is -2.19. The van der Waals surface area contributed by atoms with E-state index in [-0.39, 0.29) is 0 Å². The molecule has 18 heavy (non-hydrogen) atoms. The van der Waals surface area contributed by atoms with Gasteiger partial charge in [0.05, 0.1) is 16.6 Å². The summed E-state index contributed by atoms with van der Waals surface area (Å²) >= 11 is 6.18. The van der Waals surface area contributed by atoms with Crippen LogP contribution in [-0.4, -0.2) is 11.1 Å². The highest BCUT2D eigenvalue weighted by Crippen LogP contribution is 2.28. The van der Waals surface area contributed by atoms with E-state index >= 15 is 0 Å². The molecule has 3 rings (SSSR count). The summed E-state index contributed by atoms with van der Waals surface area (Å²) < 4.78 is 6.03. The fourth-order valence-electron chi connectivity index (χ4n) is 2.54. The standard InChI is InChI=1S/C15H16ClNO/c16-14-8-9-17-15-7-6-12(10-13(14)15)18-11-4-2-1-3-5-11/h6-11H,1-5H2. The van der Waals surface area contributed by atoms with E-state index in [1.165, 1.54) is 32.1 Å². The highest BCUT2D eigenvalue weighted by Gasteiger charge is 2.15. The smallest absolute Gasteiger partial charge is 0.120 e. The molecule has 0 bridgehead atoms. The third-order valence-corrected chi connectivity index (χ3v) is 3.84. The first kappa shape index (κ1) is 11.8. The maximum Gasteiger partial charge on any atom is 0.120 e.